The lowest BCUT2D eigenvalue weighted by Crippen LogP contribution is -2.62. The Morgan fingerprint density at radius 3 is 1.09 bits per heavy atom. The van der Waals surface area contributed by atoms with E-state index < -0.39 is 166 Å². The monoisotopic (exact) mass is 1330 g/mol. The molecule has 10 unspecified atom stereocenters. The van der Waals surface area contributed by atoms with Gasteiger partial charge in [-0.25, -0.2) is 0 Å². The van der Waals surface area contributed by atoms with Crippen molar-refractivity contribution >= 4 is 29.5 Å². The lowest BCUT2D eigenvalue weighted by molar-refractivity contribution is -0.326. The number of unbranched alkanes of at least 4 members (excludes halogenated alkanes) is 20. The maximum Gasteiger partial charge on any atom is 0.251 e. The Morgan fingerprint density at radius 1 is 0.424 bits per heavy atom. The molecule has 2 aliphatic heterocycles. The first kappa shape index (κ1) is 84.6. The van der Waals surface area contributed by atoms with Crippen LogP contribution >= 0.6 is 0 Å². The molecule has 2 fully saturated rings. The second-order valence-electron chi connectivity index (χ2n) is 24.2. The molecule has 0 bridgehead atoms. The minimum Gasteiger partial charge on any atom is -0.394 e. The first-order chi connectivity index (χ1) is 44.0. The molecule has 31 nitrogen and oxygen atoms in total. The first-order valence-electron chi connectivity index (χ1n) is 33.4. The van der Waals surface area contributed by atoms with Crippen molar-refractivity contribution in [2.24, 2.45) is 0 Å². The zero-order valence-electron chi connectivity index (χ0n) is 54.0. The van der Waals surface area contributed by atoms with Crippen molar-refractivity contribution in [2.45, 2.75) is 284 Å². The number of ether oxygens (including phenoxy) is 4. The molecule has 31 heteroatoms. The van der Waals surface area contributed by atoms with Crippen LogP contribution in [0.5, 0.6) is 0 Å². The van der Waals surface area contributed by atoms with Crippen LogP contribution in [0.25, 0.3) is 0 Å². The number of aliphatic hydroxyl groups excluding tert-OH is 16. The normalized spacial score (nSPS) is 24.8. The average molecular weight is 1330 g/mol. The van der Waals surface area contributed by atoms with Crippen LogP contribution in [-0.2, 0) is 42.9 Å². The lowest BCUT2D eigenvalue weighted by atomic mass is 9.98. The second-order valence-corrected chi connectivity index (χ2v) is 24.2. The molecule has 19 atom stereocenters. The van der Waals surface area contributed by atoms with Crippen molar-refractivity contribution in [1.82, 2.24) is 31.5 Å². The number of rotatable bonds is 53. The van der Waals surface area contributed by atoms with E-state index in [4.69, 9.17) is 18.9 Å². The molecule has 2 saturated heterocycles. The fourth-order valence-electron chi connectivity index (χ4n) is 10.7. The topological polar surface area (TPSA) is 509 Å². The summed E-state index contributed by atoms with van der Waals surface area (Å²) in [5.74, 6) is -3.94. The molecule has 0 aromatic carbocycles. The SMILES string of the molecule is CCCCCCCCCCCCCC(=O)NCC(NC(=O)CCCCCCCCCCCCC)C(=O)NCCN(CCNC(=O)C(O)C(O)C(O[C@@H]1O[C@H](CO)[C@H](O)[C@H](O)C1O)C(O)CO)CCNC(=O)C(O)C(O)C(O[C@@H]1O[C@H](CO)[C@H](O)[C@H](O)[C@H]1O)C(O)CO. The van der Waals surface area contributed by atoms with Gasteiger partial charge in [0.2, 0.25) is 17.7 Å². The number of carbonyl (C=O) groups is 5. The van der Waals surface area contributed by atoms with E-state index in [1.54, 1.807) is 0 Å². The summed E-state index contributed by atoms with van der Waals surface area (Å²) >= 11 is 0. The Labute approximate surface area is 540 Å². The van der Waals surface area contributed by atoms with Gasteiger partial charge in [-0.1, -0.05) is 142 Å². The van der Waals surface area contributed by atoms with E-state index in [1.807, 2.05) is 0 Å². The van der Waals surface area contributed by atoms with Crippen LogP contribution in [0, 0.1) is 0 Å². The molecule has 2 aliphatic rings. The smallest absolute Gasteiger partial charge is 0.251 e. The first-order valence-corrected chi connectivity index (χ1v) is 33.4. The van der Waals surface area contributed by atoms with E-state index in [0.29, 0.717) is 12.8 Å². The zero-order chi connectivity index (χ0) is 68.5. The van der Waals surface area contributed by atoms with E-state index in [-0.39, 0.29) is 64.6 Å². The summed E-state index contributed by atoms with van der Waals surface area (Å²) in [5.41, 5.74) is 0. The van der Waals surface area contributed by atoms with E-state index >= 15 is 0 Å². The van der Waals surface area contributed by atoms with Gasteiger partial charge in [0.15, 0.2) is 24.8 Å². The van der Waals surface area contributed by atoms with Crippen molar-refractivity contribution in [3.8, 4) is 0 Å². The van der Waals surface area contributed by atoms with Crippen LogP contribution in [0.3, 0.4) is 0 Å². The van der Waals surface area contributed by atoms with E-state index in [1.165, 1.54) is 75.5 Å². The molecule has 21 N–H and O–H groups in total. The predicted octanol–water partition coefficient (Wildman–Crippen LogP) is -4.84. The summed E-state index contributed by atoms with van der Waals surface area (Å²) in [6.45, 7) is -1.25. The van der Waals surface area contributed by atoms with Gasteiger partial charge >= 0.3 is 0 Å². The summed E-state index contributed by atoms with van der Waals surface area (Å²) < 4.78 is 21.3. The lowest BCUT2D eigenvalue weighted by Gasteiger charge is -2.42. The predicted molar refractivity (Wildman–Crippen MR) is 330 cm³/mol. The van der Waals surface area contributed by atoms with Gasteiger partial charge in [-0.05, 0) is 12.8 Å². The molecule has 0 aliphatic carbocycles. The van der Waals surface area contributed by atoms with Crippen LogP contribution in [0.1, 0.15) is 168 Å². The standard InChI is InChI=1S/C61H116N6O25/c1-3-5-7-9-11-13-15-17-19-21-23-25-43(74)65-33-38(66-44(75)26-24-22-20-18-16-14-12-10-8-6-4-2)57(86)62-27-30-67(31-28-63-58(87)51(82)49(80)55(39(72)34-68)91-60-53(84)47(78)45(76)41(36-70)89-60)32-29-64-59(88)52(83)50(81)56(40(73)35-69)92-61-54(85)48(79)46(77)42(37-71)90-61/h38-42,45-56,60-61,68-73,76-85H,3-37H2,1-2H3,(H,62,86)(H,63,87)(H,64,88)(H,65,74)(H,66,75)/t38?,39?,40?,41-,42-,45+,46+,47+,48+,49?,50?,51?,52?,53-,54?,55?,56?,60+,61+/m1/s1. The van der Waals surface area contributed by atoms with Gasteiger partial charge in [0.25, 0.3) is 11.8 Å². The third-order valence-electron chi connectivity index (χ3n) is 16.6. The van der Waals surface area contributed by atoms with Crippen molar-refractivity contribution in [1.29, 1.82) is 0 Å². The van der Waals surface area contributed by atoms with E-state index in [0.717, 1.165) is 57.8 Å². The van der Waals surface area contributed by atoms with Crippen molar-refractivity contribution in [2.75, 3.05) is 72.2 Å². The third-order valence-corrected chi connectivity index (χ3v) is 16.6. The molecule has 0 aromatic heterocycles. The molecule has 0 spiro atoms. The van der Waals surface area contributed by atoms with Crippen LogP contribution in [0.4, 0.5) is 0 Å². The number of hydrogen-bond acceptors (Lipinski definition) is 26. The van der Waals surface area contributed by atoms with Crippen molar-refractivity contribution in [3.05, 3.63) is 0 Å². The quantitative estimate of drug-likeness (QED) is 0.0254. The van der Waals surface area contributed by atoms with Gasteiger partial charge < -0.3 is 127 Å². The van der Waals surface area contributed by atoms with Gasteiger partial charge in [-0.15, -0.1) is 0 Å². The van der Waals surface area contributed by atoms with Gasteiger partial charge in [-0.2, -0.15) is 0 Å². The van der Waals surface area contributed by atoms with Crippen LogP contribution in [0.2, 0.25) is 0 Å². The van der Waals surface area contributed by atoms with Crippen molar-refractivity contribution in [3.63, 3.8) is 0 Å². The molecule has 2 heterocycles. The Balaban J connectivity index is 2.25. The molecular weight excluding hydrogens is 1220 g/mol. The van der Waals surface area contributed by atoms with Gasteiger partial charge in [0, 0.05) is 58.7 Å². The number of aliphatic hydroxyl groups is 16. The molecule has 2 rings (SSSR count). The summed E-state index contributed by atoms with van der Waals surface area (Å²) in [5, 5.41) is 179. The highest BCUT2D eigenvalue weighted by Crippen LogP contribution is 2.27. The fraction of sp³-hybridized carbons (Fsp3) is 0.918. The summed E-state index contributed by atoms with van der Waals surface area (Å²) in [6, 6.07) is -1.21. The highest BCUT2D eigenvalue weighted by Gasteiger charge is 2.49. The number of amides is 5. The highest BCUT2D eigenvalue weighted by atomic mass is 16.7. The molecule has 540 valence electrons. The Hall–Kier alpha value is -3.49. The molecule has 0 aromatic rings. The van der Waals surface area contributed by atoms with Gasteiger partial charge in [0.05, 0.1) is 26.4 Å². The fourth-order valence-corrected chi connectivity index (χ4v) is 10.7. The second kappa shape index (κ2) is 49.1. The molecule has 5 amide bonds. The number of carbonyl (C=O) groups excluding carboxylic acids is 5. The highest BCUT2D eigenvalue weighted by molar-refractivity contribution is 5.88. The Bertz CT molecular complexity index is 1890. The Morgan fingerprint density at radius 2 is 0.750 bits per heavy atom. The zero-order valence-corrected chi connectivity index (χ0v) is 54.0. The number of hydrogen-bond donors (Lipinski definition) is 21. The number of nitrogens with one attached hydrogen (secondary N) is 5. The van der Waals surface area contributed by atoms with Gasteiger partial charge in [-0.3, -0.25) is 28.9 Å². The van der Waals surface area contributed by atoms with Crippen LogP contribution < -0.4 is 26.6 Å². The minimum atomic E-state index is -2.44. The maximum absolute atomic E-state index is 13.9. The van der Waals surface area contributed by atoms with E-state index in [2.05, 4.69) is 40.4 Å². The van der Waals surface area contributed by atoms with E-state index in [9.17, 15) is 106 Å². The maximum atomic E-state index is 13.9. The number of nitrogens with zero attached hydrogens (tertiary/aromatic N) is 1. The van der Waals surface area contributed by atoms with Crippen LogP contribution in [0.15, 0.2) is 0 Å². The molecule has 0 radical (unpaired) electrons. The van der Waals surface area contributed by atoms with Crippen molar-refractivity contribution < 1.29 is 125 Å². The summed E-state index contributed by atoms with van der Waals surface area (Å²) in [7, 11) is 0. The van der Waals surface area contributed by atoms with Gasteiger partial charge in [0.1, 0.15) is 91.5 Å². The summed E-state index contributed by atoms with van der Waals surface area (Å²) in [4.78, 5) is 68.6. The van der Waals surface area contributed by atoms with Crippen LogP contribution in [-0.4, -0.2) is 305 Å². The Kier molecular flexibility index (Phi) is 45.1. The third kappa shape index (κ3) is 31.6. The molecular formula is C61H116N6O25. The minimum absolute atomic E-state index is 0.0894. The largest absolute Gasteiger partial charge is 0.394 e. The average Bonchev–Trinajstić information content (AvgIpc) is 0.834. The molecule has 92 heavy (non-hydrogen) atoms. The molecule has 0 saturated carbocycles. The summed E-state index contributed by atoms with van der Waals surface area (Å²) in [6.07, 6.45) is -12.4.